The fourth-order valence-electron chi connectivity index (χ4n) is 3.17. The highest BCUT2D eigenvalue weighted by atomic mass is 16.1. The highest BCUT2D eigenvalue weighted by Gasteiger charge is 2.18. The zero-order chi connectivity index (χ0) is 18.1. The molecular weight excluding hydrogens is 312 g/mol. The van der Waals surface area contributed by atoms with E-state index in [4.69, 9.17) is 5.73 Å². The molecule has 0 saturated carbocycles. The molecule has 4 N–H and O–H groups in total. The van der Waals surface area contributed by atoms with E-state index in [1.165, 1.54) is 25.7 Å². The number of pyridine rings is 1. The number of carbonyl (C=O) groups is 1. The molecule has 2 heterocycles. The first-order valence-corrected chi connectivity index (χ1v) is 9.67. The molecule has 0 aliphatic heterocycles. The van der Waals surface area contributed by atoms with Crippen molar-refractivity contribution in [3.05, 3.63) is 24.0 Å². The highest BCUT2D eigenvalue weighted by Crippen LogP contribution is 2.29. The summed E-state index contributed by atoms with van der Waals surface area (Å²) in [5.74, 6) is 0.119. The minimum absolute atomic E-state index is 0.119. The van der Waals surface area contributed by atoms with Crippen LogP contribution in [0, 0.1) is 0 Å². The van der Waals surface area contributed by atoms with Crippen molar-refractivity contribution in [1.29, 1.82) is 0 Å². The number of carbonyl (C=O) groups excluding carboxylic acids is 1. The summed E-state index contributed by atoms with van der Waals surface area (Å²) >= 11 is 0. The van der Waals surface area contributed by atoms with E-state index < -0.39 is 0 Å². The number of Topliss-reactive ketones (excluding diaryl/α,β-unsaturated/α-hetero) is 1. The van der Waals surface area contributed by atoms with Crippen molar-refractivity contribution in [2.24, 2.45) is 5.73 Å². The molecule has 0 aromatic carbocycles. The van der Waals surface area contributed by atoms with E-state index in [2.05, 4.69) is 29.1 Å². The predicted molar refractivity (Wildman–Crippen MR) is 105 cm³/mol. The highest BCUT2D eigenvalue weighted by molar-refractivity contribution is 6.07. The number of hydrogen-bond donors (Lipinski definition) is 3. The van der Waals surface area contributed by atoms with Crippen LogP contribution in [0.2, 0.25) is 0 Å². The van der Waals surface area contributed by atoms with Crippen molar-refractivity contribution in [3.8, 4) is 0 Å². The van der Waals surface area contributed by atoms with Gasteiger partial charge in [-0.25, -0.2) is 4.98 Å². The van der Waals surface area contributed by atoms with Crippen LogP contribution in [0.4, 0.5) is 5.69 Å². The van der Waals surface area contributed by atoms with Gasteiger partial charge in [0.15, 0.2) is 5.78 Å². The molecule has 0 atom stereocenters. The Morgan fingerprint density at radius 1 is 1.24 bits per heavy atom. The quantitative estimate of drug-likeness (QED) is 0.490. The van der Waals surface area contributed by atoms with E-state index in [1.54, 1.807) is 6.20 Å². The number of H-pyrrole nitrogens is 1. The van der Waals surface area contributed by atoms with Crippen LogP contribution in [-0.4, -0.2) is 28.3 Å². The van der Waals surface area contributed by atoms with Gasteiger partial charge < -0.3 is 16.0 Å². The Morgan fingerprint density at radius 2 is 1.96 bits per heavy atom. The van der Waals surface area contributed by atoms with Crippen LogP contribution in [0.25, 0.3) is 11.0 Å². The van der Waals surface area contributed by atoms with E-state index in [-0.39, 0.29) is 5.78 Å². The standard InChI is InChI=1S/C20H32N4O/c1-3-5-8-15(9-6-4-2)24-19-16-11-13-22-20(16)23-14-17(19)18(25)10-7-12-21/h11,13-15H,3-10,12,21H2,1-2H3,(H2,22,23,24). The van der Waals surface area contributed by atoms with Crippen LogP contribution in [0.1, 0.15) is 75.6 Å². The summed E-state index contributed by atoms with van der Waals surface area (Å²) in [7, 11) is 0. The minimum Gasteiger partial charge on any atom is -0.381 e. The van der Waals surface area contributed by atoms with Gasteiger partial charge in [-0.1, -0.05) is 39.5 Å². The lowest BCUT2D eigenvalue weighted by Crippen LogP contribution is -2.21. The second kappa shape index (κ2) is 10.2. The van der Waals surface area contributed by atoms with Crippen molar-refractivity contribution in [2.75, 3.05) is 11.9 Å². The van der Waals surface area contributed by atoms with Gasteiger partial charge in [0.2, 0.25) is 0 Å². The second-order valence-electron chi connectivity index (χ2n) is 6.73. The Morgan fingerprint density at radius 3 is 2.60 bits per heavy atom. The number of aromatic amines is 1. The molecule has 0 radical (unpaired) electrons. The van der Waals surface area contributed by atoms with E-state index in [9.17, 15) is 4.79 Å². The molecule has 0 aliphatic rings. The number of anilines is 1. The van der Waals surface area contributed by atoms with Crippen LogP contribution in [0.5, 0.6) is 0 Å². The third-order valence-corrected chi connectivity index (χ3v) is 4.66. The Kier molecular flexibility index (Phi) is 7.92. The summed E-state index contributed by atoms with van der Waals surface area (Å²) < 4.78 is 0. The van der Waals surface area contributed by atoms with Crippen LogP contribution >= 0.6 is 0 Å². The Balaban J connectivity index is 2.30. The number of nitrogens with zero attached hydrogens (tertiary/aromatic N) is 1. The molecule has 5 nitrogen and oxygen atoms in total. The summed E-state index contributed by atoms with van der Waals surface area (Å²) in [6.07, 6.45) is 11.8. The number of hydrogen-bond acceptors (Lipinski definition) is 4. The first-order valence-electron chi connectivity index (χ1n) is 9.67. The normalized spacial score (nSPS) is 11.4. The molecule has 138 valence electrons. The molecule has 0 bridgehead atoms. The number of ketones is 1. The largest absolute Gasteiger partial charge is 0.381 e. The molecule has 2 aromatic rings. The maximum Gasteiger partial charge on any atom is 0.166 e. The van der Waals surface area contributed by atoms with E-state index in [0.29, 0.717) is 31.0 Å². The van der Waals surface area contributed by atoms with Gasteiger partial charge in [-0.15, -0.1) is 0 Å². The van der Waals surface area contributed by atoms with Gasteiger partial charge in [0.05, 0.1) is 11.3 Å². The molecular formula is C20H32N4O. The van der Waals surface area contributed by atoms with Crippen LogP contribution in [-0.2, 0) is 0 Å². The van der Waals surface area contributed by atoms with Gasteiger partial charge in [-0.3, -0.25) is 4.79 Å². The maximum absolute atomic E-state index is 12.7. The molecule has 2 aromatic heterocycles. The molecule has 0 amide bonds. The number of unbranched alkanes of at least 4 members (excludes halogenated alkanes) is 2. The number of nitrogens with two attached hydrogens (primary N) is 1. The Hall–Kier alpha value is -1.88. The topological polar surface area (TPSA) is 83.8 Å². The SMILES string of the molecule is CCCCC(CCCC)Nc1c(C(=O)CCCN)cnc2[nH]ccc12. The second-order valence-corrected chi connectivity index (χ2v) is 6.73. The molecule has 25 heavy (non-hydrogen) atoms. The molecule has 0 fully saturated rings. The summed E-state index contributed by atoms with van der Waals surface area (Å²) in [6, 6.07) is 2.39. The van der Waals surface area contributed by atoms with Crippen LogP contribution in [0.3, 0.4) is 0 Å². The lowest BCUT2D eigenvalue weighted by molar-refractivity contribution is 0.0981. The van der Waals surface area contributed by atoms with Crippen molar-refractivity contribution >= 4 is 22.5 Å². The van der Waals surface area contributed by atoms with E-state index in [0.717, 1.165) is 29.6 Å². The average molecular weight is 345 g/mol. The number of aromatic nitrogens is 2. The first-order chi connectivity index (χ1) is 12.2. The van der Waals surface area contributed by atoms with Crippen LogP contribution in [0.15, 0.2) is 18.5 Å². The Bertz CT molecular complexity index is 657. The number of rotatable bonds is 12. The summed E-state index contributed by atoms with van der Waals surface area (Å²) in [5.41, 5.74) is 8.02. The molecule has 0 spiro atoms. The zero-order valence-corrected chi connectivity index (χ0v) is 15.6. The van der Waals surface area contributed by atoms with E-state index >= 15 is 0 Å². The van der Waals surface area contributed by atoms with Crippen LogP contribution < -0.4 is 11.1 Å². The van der Waals surface area contributed by atoms with Crippen molar-refractivity contribution in [3.63, 3.8) is 0 Å². The minimum atomic E-state index is 0.119. The number of fused-ring (bicyclic) bond motifs is 1. The molecule has 0 aliphatic carbocycles. The molecule has 0 unspecified atom stereocenters. The lowest BCUT2D eigenvalue weighted by Gasteiger charge is -2.22. The van der Waals surface area contributed by atoms with Gasteiger partial charge in [0, 0.05) is 30.2 Å². The predicted octanol–water partition coefficient (Wildman–Crippen LogP) is 4.65. The summed E-state index contributed by atoms with van der Waals surface area (Å²) in [6.45, 7) is 4.97. The summed E-state index contributed by atoms with van der Waals surface area (Å²) in [4.78, 5) is 20.2. The van der Waals surface area contributed by atoms with Gasteiger partial charge in [-0.05, 0) is 31.9 Å². The molecule has 2 rings (SSSR count). The monoisotopic (exact) mass is 344 g/mol. The maximum atomic E-state index is 12.7. The summed E-state index contributed by atoms with van der Waals surface area (Å²) in [5, 5.41) is 4.69. The molecule has 0 saturated heterocycles. The average Bonchev–Trinajstić information content (AvgIpc) is 3.11. The fourth-order valence-corrected chi connectivity index (χ4v) is 3.17. The zero-order valence-electron chi connectivity index (χ0n) is 15.6. The van der Waals surface area contributed by atoms with Crippen molar-refractivity contribution < 1.29 is 4.79 Å². The van der Waals surface area contributed by atoms with Crippen molar-refractivity contribution in [1.82, 2.24) is 9.97 Å². The van der Waals surface area contributed by atoms with Gasteiger partial charge in [0.25, 0.3) is 0 Å². The van der Waals surface area contributed by atoms with Gasteiger partial charge >= 0.3 is 0 Å². The van der Waals surface area contributed by atoms with Crippen molar-refractivity contribution in [2.45, 2.75) is 71.3 Å². The Labute approximate surface area is 150 Å². The third kappa shape index (κ3) is 5.30. The van der Waals surface area contributed by atoms with Gasteiger partial charge in [0.1, 0.15) is 5.65 Å². The lowest BCUT2D eigenvalue weighted by atomic mass is 10.0. The third-order valence-electron chi connectivity index (χ3n) is 4.66. The van der Waals surface area contributed by atoms with Gasteiger partial charge in [-0.2, -0.15) is 0 Å². The fraction of sp³-hybridized carbons (Fsp3) is 0.600. The number of nitrogens with one attached hydrogen (secondary N) is 2. The smallest absolute Gasteiger partial charge is 0.166 e. The molecule has 5 heteroatoms. The first kappa shape index (κ1) is 19.4. The van der Waals surface area contributed by atoms with E-state index in [1.807, 2.05) is 12.3 Å².